The zero-order valence-electron chi connectivity index (χ0n) is 10.4. The average Bonchev–Trinajstić information content (AvgIpc) is 2.11. The maximum Gasteiger partial charge on any atom is 0.453 e. The number of primary amides is 1. The second kappa shape index (κ2) is 5.89. The maximum absolute atomic E-state index is 12.6. The minimum Gasteiger partial charge on any atom is -0.443 e. The SMILES string of the molecule is CC(C)(O)C(CCCC(F)(F)C(F)(F)F)OC(N)=O. The number of hydrogen-bond donors (Lipinski definition) is 2. The van der Waals surface area contributed by atoms with Gasteiger partial charge < -0.3 is 15.6 Å². The van der Waals surface area contributed by atoms with Crippen LogP contribution >= 0.6 is 0 Å². The molecule has 0 fully saturated rings. The van der Waals surface area contributed by atoms with Crippen LogP contribution in [0.4, 0.5) is 26.7 Å². The number of nitrogens with two attached hydrogens (primary N) is 1. The number of ether oxygens (including phenoxy) is 1. The van der Waals surface area contributed by atoms with Crippen molar-refractivity contribution in [3.05, 3.63) is 0 Å². The molecule has 1 unspecified atom stereocenters. The van der Waals surface area contributed by atoms with Crippen LogP contribution < -0.4 is 5.73 Å². The molecule has 114 valence electrons. The fraction of sp³-hybridized carbons (Fsp3) is 0.900. The second-order valence-corrected chi connectivity index (χ2v) is 4.67. The summed E-state index contributed by atoms with van der Waals surface area (Å²) in [4.78, 5) is 10.5. The van der Waals surface area contributed by atoms with Crippen molar-refractivity contribution in [3.8, 4) is 0 Å². The Hall–Kier alpha value is -1.12. The Morgan fingerprint density at radius 3 is 2.05 bits per heavy atom. The van der Waals surface area contributed by atoms with E-state index < -0.39 is 42.7 Å². The van der Waals surface area contributed by atoms with Gasteiger partial charge in [-0.2, -0.15) is 22.0 Å². The molecule has 0 aliphatic carbocycles. The summed E-state index contributed by atoms with van der Waals surface area (Å²) in [7, 11) is 0. The van der Waals surface area contributed by atoms with Gasteiger partial charge in [0.05, 0.1) is 5.60 Å². The van der Waals surface area contributed by atoms with Crippen LogP contribution in [0, 0.1) is 0 Å². The number of carbonyl (C=O) groups is 1. The van der Waals surface area contributed by atoms with Crippen molar-refractivity contribution in [2.75, 3.05) is 0 Å². The highest BCUT2D eigenvalue weighted by Gasteiger charge is 2.56. The molecule has 1 atom stereocenters. The number of alkyl halides is 5. The Morgan fingerprint density at radius 2 is 1.74 bits per heavy atom. The zero-order valence-corrected chi connectivity index (χ0v) is 10.4. The highest BCUT2D eigenvalue weighted by molar-refractivity contribution is 5.64. The Morgan fingerprint density at radius 1 is 1.26 bits per heavy atom. The number of aliphatic hydroxyl groups is 1. The summed E-state index contributed by atoms with van der Waals surface area (Å²) in [6.45, 7) is 2.45. The molecule has 0 bridgehead atoms. The van der Waals surface area contributed by atoms with Crippen LogP contribution in [0.25, 0.3) is 0 Å². The third-order valence-corrected chi connectivity index (χ3v) is 2.42. The molecule has 1 amide bonds. The van der Waals surface area contributed by atoms with Gasteiger partial charge in [0.2, 0.25) is 0 Å². The number of hydrogen-bond acceptors (Lipinski definition) is 3. The van der Waals surface area contributed by atoms with E-state index in [4.69, 9.17) is 5.73 Å². The minimum absolute atomic E-state index is 0.363. The van der Waals surface area contributed by atoms with E-state index in [1.54, 1.807) is 0 Å². The Labute approximate surface area is 106 Å². The fourth-order valence-corrected chi connectivity index (χ4v) is 1.35. The maximum atomic E-state index is 12.6. The topological polar surface area (TPSA) is 72.6 Å². The summed E-state index contributed by atoms with van der Waals surface area (Å²) in [5, 5.41) is 9.57. The third-order valence-electron chi connectivity index (χ3n) is 2.42. The molecular formula is C10H16F5NO3. The predicted octanol–water partition coefficient (Wildman–Crippen LogP) is 2.59. The van der Waals surface area contributed by atoms with Crippen molar-refractivity contribution >= 4 is 6.09 Å². The monoisotopic (exact) mass is 293 g/mol. The molecule has 0 aromatic heterocycles. The molecule has 3 N–H and O–H groups in total. The van der Waals surface area contributed by atoms with E-state index in [1.807, 2.05) is 0 Å². The van der Waals surface area contributed by atoms with E-state index in [9.17, 15) is 31.9 Å². The number of amides is 1. The van der Waals surface area contributed by atoms with Crippen LogP contribution in [-0.2, 0) is 4.74 Å². The van der Waals surface area contributed by atoms with Crippen LogP contribution in [0.2, 0.25) is 0 Å². The van der Waals surface area contributed by atoms with Crippen LogP contribution in [0.5, 0.6) is 0 Å². The van der Waals surface area contributed by atoms with Crippen molar-refractivity contribution in [1.29, 1.82) is 0 Å². The van der Waals surface area contributed by atoms with E-state index in [1.165, 1.54) is 13.8 Å². The first-order valence-corrected chi connectivity index (χ1v) is 5.40. The van der Waals surface area contributed by atoms with E-state index >= 15 is 0 Å². The van der Waals surface area contributed by atoms with E-state index in [0.29, 0.717) is 0 Å². The quantitative estimate of drug-likeness (QED) is 0.739. The highest BCUT2D eigenvalue weighted by Crippen LogP contribution is 2.39. The predicted molar refractivity (Wildman–Crippen MR) is 55.6 cm³/mol. The Kier molecular flexibility index (Phi) is 5.54. The van der Waals surface area contributed by atoms with Gasteiger partial charge in [0.1, 0.15) is 6.10 Å². The molecular weight excluding hydrogens is 277 g/mol. The molecule has 9 heteroatoms. The molecule has 0 aliphatic heterocycles. The standard InChI is InChI=1S/C10H16F5NO3/c1-8(2,18)6(19-7(16)17)4-3-5-9(11,12)10(13,14)15/h6,18H,3-5H2,1-2H3,(H2,16,17). The molecule has 0 rings (SSSR count). The molecule has 19 heavy (non-hydrogen) atoms. The van der Waals surface area contributed by atoms with Crippen LogP contribution in [0.3, 0.4) is 0 Å². The molecule has 0 aromatic carbocycles. The molecule has 0 spiro atoms. The van der Waals surface area contributed by atoms with E-state index in [-0.39, 0.29) is 6.42 Å². The lowest BCUT2D eigenvalue weighted by Crippen LogP contribution is -2.41. The summed E-state index contributed by atoms with van der Waals surface area (Å²) in [6.07, 6.45) is -10.5. The molecule has 4 nitrogen and oxygen atoms in total. The molecule has 0 saturated carbocycles. The third kappa shape index (κ3) is 6.04. The average molecular weight is 293 g/mol. The van der Waals surface area contributed by atoms with Gasteiger partial charge in [0.15, 0.2) is 0 Å². The fourth-order valence-electron chi connectivity index (χ4n) is 1.35. The van der Waals surface area contributed by atoms with Crippen molar-refractivity contribution in [1.82, 2.24) is 0 Å². The number of carbonyl (C=O) groups excluding carboxylic acids is 1. The van der Waals surface area contributed by atoms with Crippen LogP contribution in [0.15, 0.2) is 0 Å². The van der Waals surface area contributed by atoms with Crippen molar-refractivity contribution < 1.29 is 36.6 Å². The molecule has 0 heterocycles. The molecule has 0 aromatic rings. The summed E-state index contributed by atoms with van der Waals surface area (Å²) in [5.41, 5.74) is 3.12. The first-order valence-electron chi connectivity index (χ1n) is 5.40. The Balaban J connectivity index is 4.47. The summed E-state index contributed by atoms with van der Waals surface area (Å²) in [5.74, 6) is -4.82. The molecule has 0 saturated heterocycles. The van der Waals surface area contributed by atoms with Crippen LogP contribution in [-0.4, -0.2) is 35.0 Å². The van der Waals surface area contributed by atoms with Gasteiger partial charge in [-0.25, -0.2) is 4.79 Å². The molecule has 0 radical (unpaired) electrons. The smallest absolute Gasteiger partial charge is 0.443 e. The van der Waals surface area contributed by atoms with Gasteiger partial charge in [-0.3, -0.25) is 0 Å². The van der Waals surface area contributed by atoms with Crippen molar-refractivity contribution in [3.63, 3.8) is 0 Å². The summed E-state index contributed by atoms with van der Waals surface area (Å²) in [6, 6.07) is 0. The van der Waals surface area contributed by atoms with Gasteiger partial charge >= 0.3 is 18.2 Å². The first kappa shape index (κ1) is 17.9. The van der Waals surface area contributed by atoms with Crippen LogP contribution in [0.1, 0.15) is 33.1 Å². The minimum atomic E-state index is -5.62. The van der Waals surface area contributed by atoms with Gasteiger partial charge in [-0.1, -0.05) is 0 Å². The lowest BCUT2D eigenvalue weighted by atomic mass is 9.95. The number of rotatable bonds is 6. The zero-order chi connectivity index (χ0) is 15.5. The molecule has 0 aliphatic rings. The number of halogens is 5. The van der Waals surface area contributed by atoms with Crippen molar-refractivity contribution in [2.45, 2.75) is 56.9 Å². The summed E-state index contributed by atoms with van der Waals surface area (Å²) < 4.78 is 65.4. The van der Waals surface area contributed by atoms with Gasteiger partial charge in [-0.15, -0.1) is 0 Å². The first-order chi connectivity index (χ1) is 8.27. The van der Waals surface area contributed by atoms with Gasteiger partial charge in [-0.05, 0) is 26.7 Å². The lowest BCUT2D eigenvalue weighted by Gasteiger charge is -2.29. The Bertz CT molecular complexity index is 311. The largest absolute Gasteiger partial charge is 0.453 e. The summed E-state index contributed by atoms with van der Waals surface area (Å²) >= 11 is 0. The van der Waals surface area contributed by atoms with Gasteiger partial charge in [0.25, 0.3) is 0 Å². The second-order valence-electron chi connectivity index (χ2n) is 4.67. The highest BCUT2D eigenvalue weighted by atomic mass is 19.4. The van der Waals surface area contributed by atoms with E-state index in [0.717, 1.165) is 0 Å². The lowest BCUT2D eigenvalue weighted by molar-refractivity contribution is -0.285. The van der Waals surface area contributed by atoms with Crippen molar-refractivity contribution in [2.24, 2.45) is 5.73 Å². The van der Waals surface area contributed by atoms with Gasteiger partial charge in [0, 0.05) is 6.42 Å². The normalized spacial score (nSPS) is 15.2. The van der Waals surface area contributed by atoms with E-state index in [2.05, 4.69) is 4.74 Å².